The molecule has 2 fully saturated rings. The summed E-state index contributed by atoms with van der Waals surface area (Å²) in [6.07, 6.45) is 10.7. The van der Waals surface area contributed by atoms with E-state index in [0.29, 0.717) is 5.92 Å². The Bertz CT molecular complexity index is 1010. The van der Waals surface area contributed by atoms with Crippen molar-refractivity contribution in [3.63, 3.8) is 0 Å². The van der Waals surface area contributed by atoms with Crippen LogP contribution in [0.15, 0.2) is 36.4 Å². The summed E-state index contributed by atoms with van der Waals surface area (Å²) < 4.78 is 0. The zero-order valence-electron chi connectivity index (χ0n) is 18.7. The fraction of sp³-hybridized carbons (Fsp3) is 0.593. The minimum atomic E-state index is -0.0886. The number of benzene rings is 1. The van der Waals surface area contributed by atoms with Crippen LogP contribution in [0.25, 0.3) is 5.57 Å². The molecule has 164 valence electrons. The molecular formula is C27H34N2OS. The van der Waals surface area contributed by atoms with Gasteiger partial charge in [-0.3, -0.25) is 0 Å². The highest BCUT2D eigenvalue weighted by atomic mass is 32.1. The molecule has 1 aromatic heterocycles. The van der Waals surface area contributed by atoms with Gasteiger partial charge in [-0.05, 0) is 84.7 Å². The number of hydrogen-bond donors (Lipinski definition) is 2. The lowest BCUT2D eigenvalue weighted by Crippen LogP contribution is -2.50. The molecule has 1 heterocycles. The van der Waals surface area contributed by atoms with Crippen molar-refractivity contribution in [3.8, 4) is 0 Å². The first-order valence-corrected chi connectivity index (χ1v) is 13.0. The lowest BCUT2D eigenvalue weighted by Gasteiger charge is -2.56. The predicted molar refractivity (Wildman–Crippen MR) is 128 cm³/mol. The second-order valence-electron chi connectivity index (χ2n) is 10.9. The molecule has 2 aromatic rings. The monoisotopic (exact) mass is 434 g/mol. The summed E-state index contributed by atoms with van der Waals surface area (Å²) in [5, 5.41) is 15.3. The zero-order chi connectivity index (χ0) is 21.2. The maximum absolute atomic E-state index is 10.7. The van der Waals surface area contributed by atoms with Gasteiger partial charge < -0.3 is 10.4 Å². The Morgan fingerprint density at radius 3 is 2.77 bits per heavy atom. The molecule has 6 atom stereocenters. The Balaban J connectivity index is 1.28. The van der Waals surface area contributed by atoms with Crippen LogP contribution in [0.4, 0.5) is 5.13 Å². The molecule has 0 amide bonds. The minimum absolute atomic E-state index is 0.0886. The first-order chi connectivity index (χ1) is 15.0. The number of anilines is 1. The van der Waals surface area contributed by atoms with Gasteiger partial charge in [0.2, 0.25) is 0 Å². The van der Waals surface area contributed by atoms with E-state index >= 15 is 0 Å². The number of aromatic nitrogens is 1. The zero-order valence-corrected chi connectivity index (χ0v) is 19.5. The maximum atomic E-state index is 10.7. The first kappa shape index (κ1) is 20.0. The Kier molecular flexibility index (Phi) is 4.63. The summed E-state index contributed by atoms with van der Waals surface area (Å²) in [7, 11) is 0. The summed E-state index contributed by atoms with van der Waals surface area (Å²) in [5.74, 6) is 2.20. The second-order valence-corrected chi connectivity index (χ2v) is 11.9. The first-order valence-electron chi connectivity index (χ1n) is 12.2. The van der Waals surface area contributed by atoms with E-state index in [1.165, 1.54) is 48.2 Å². The van der Waals surface area contributed by atoms with Crippen LogP contribution in [-0.2, 0) is 13.0 Å². The van der Waals surface area contributed by atoms with E-state index in [9.17, 15) is 5.11 Å². The van der Waals surface area contributed by atoms with Gasteiger partial charge in [-0.25, -0.2) is 4.98 Å². The average molecular weight is 435 g/mol. The molecule has 0 saturated heterocycles. The summed E-state index contributed by atoms with van der Waals surface area (Å²) in [6, 6.07) is 10.6. The summed E-state index contributed by atoms with van der Waals surface area (Å²) in [5.41, 5.74) is 4.61. The van der Waals surface area contributed by atoms with Gasteiger partial charge in [0, 0.05) is 6.54 Å². The van der Waals surface area contributed by atoms with Crippen molar-refractivity contribution >= 4 is 22.0 Å². The largest absolute Gasteiger partial charge is 0.393 e. The Morgan fingerprint density at radius 2 is 1.94 bits per heavy atom. The molecule has 0 aliphatic heterocycles. The third kappa shape index (κ3) is 2.97. The minimum Gasteiger partial charge on any atom is -0.393 e. The fourth-order valence-electron chi connectivity index (χ4n) is 7.70. The van der Waals surface area contributed by atoms with Crippen LogP contribution in [-0.4, -0.2) is 16.2 Å². The van der Waals surface area contributed by atoms with Crippen LogP contribution in [0.1, 0.15) is 68.5 Å². The molecule has 0 radical (unpaired) electrons. The van der Waals surface area contributed by atoms with Gasteiger partial charge in [-0.15, -0.1) is 0 Å². The molecule has 2 N–H and O–H groups in total. The van der Waals surface area contributed by atoms with E-state index in [2.05, 4.69) is 55.6 Å². The normalized spacial score (nSPS) is 38.5. The van der Waals surface area contributed by atoms with Crippen molar-refractivity contribution in [1.29, 1.82) is 0 Å². The number of thiazole rings is 1. The average Bonchev–Trinajstić information content (AvgIpc) is 3.33. The number of aliphatic hydroxyl groups excluding tert-OH is 1. The molecule has 1 aromatic carbocycles. The van der Waals surface area contributed by atoms with E-state index in [4.69, 9.17) is 4.98 Å². The molecule has 3 nitrogen and oxygen atoms in total. The number of aryl methyl sites for hydroxylation is 1. The topological polar surface area (TPSA) is 45.2 Å². The number of nitrogens with one attached hydrogen (secondary N) is 1. The van der Waals surface area contributed by atoms with Crippen molar-refractivity contribution in [2.75, 3.05) is 5.32 Å². The lowest BCUT2D eigenvalue weighted by molar-refractivity contribution is -0.0579. The fourth-order valence-corrected chi connectivity index (χ4v) is 8.88. The molecule has 31 heavy (non-hydrogen) atoms. The quantitative estimate of drug-likeness (QED) is 0.596. The number of nitrogens with zero attached hydrogens (tertiary/aromatic N) is 1. The number of hydrogen-bond acceptors (Lipinski definition) is 4. The van der Waals surface area contributed by atoms with Crippen molar-refractivity contribution in [1.82, 2.24) is 4.98 Å². The smallest absolute Gasteiger partial charge is 0.183 e. The summed E-state index contributed by atoms with van der Waals surface area (Å²) in [4.78, 5) is 6.45. The summed E-state index contributed by atoms with van der Waals surface area (Å²) in [6.45, 7) is 5.75. The van der Waals surface area contributed by atoms with Crippen molar-refractivity contribution in [2.24, 2.45) is 28.6 Å². The van der Waals surface area contributed by atoms with E-state index < -0.39 is 0 Å². The number of fused-ring (bicyclic) bond motifs is 7. The number of allylic oxidation sites excluding steroid dienone is 2. The lowest BCUT2D eigenvalue weighted by atomic mass is 9.48. The maximum Gasteiger partial charge on any atom is 0.183 e. The van der Waals surface area contributed by atoms with E-state index in [-0.39, 0.29) is 16.9 Å². The van der Waals surface area contributed by atoms with Gasteiger partial charge in [0.1, 0.15) is 0 Å². The Morgan fingerprint density at radius 1 is 1.10 bits per heavy atom. The number of aliphatic hydroxyl groups is 1. The number of rotatable bonds is 3. The van der Waals surface area contributed by atoms with Crippen LogP contribution < -0.4 is 5.32 Å². The van der Waals surface area contributed by atoms with Gasteiger partial charge in [0.05, 0.1) is 16.7 Å². The third-order valence-electron chi connectivity index (χ3n) is 9.52. The highest BCUT2D eigenvalue weighted by molar-refractivity contribution is 7.16. The molecule has 6 rings (SSSR count). The molecule has 0 unspecified atom stereocenters. The van der Waals surface area contributed by atoms with Crippen molar-refractivity contribution < 1.29 is 5.11 Å². The van der Waals surface area contributed by atoms with Crippen molar-refractivity contribution in [2.45, 2.75) is 71.4 Å². The highest BCUT2D eigenvalue weighted by Gasteiger charge is 2.58. The standard InChI is InChI=1S/C27H34N2OS/c1-26-15-13-22-24(31-25(29-22)28-16-17-6-4-3-5-7-17)21(26)9-8-18-19-10-11-23(30)27(19,2)14-12-20(18)26/h3-7,9,18-20,23,30H,8,10-16H2,1-2H3,(H,28,29)/t18-,19-,20-,23-,26+,27-/m0/s1. The van der Waals surface area contributed by atoms with E-state index in [1.807, 2.05) is 11.3 Å². The molecule has 4 aliphatic carbocycles. The van der Waals surface area contributed by atoms with Crippen LogP contribution >= 0.6 is 11.3 Å². The van der Waals surface area contributed by atoms with Crippen LogP contribution in [0, 0.1) is 28.6 Å². The molecule has 2 saturated carbocycles. The van der Waals surface area contributed by atoms with Gasteiger partial charge >= 0.3 is 0 Å². The van der Waals surface area contributed by atoms with Gasteiger partial charge in [0.15, 0.2) is 5.13 Å². The molecule has 0 bridgehead atoms. The Labute approximate surface area is 190 Å². The second kappa shape index (κ2) is 7.18. The molecule has 4 heteroatoms. The van der Waals surface area contributed by atoms with Gasteiger partial charge in [-0.1, -0.05) is 61.6 Å². The van der Waals surface area contributed by atoms with Gasteiger partial charge in [-0.2, -0.15) is 0 Å². The Hall–Kier alpha value is -1.65. The SMILES string of the molecule is C[C@]12CC[C@H]3[C@@H](CC=C4c5sc(NCc6ccccc6)nc5CC[C@@]43C)[C@@H]1CC[C@@H]2O. The van der Waals surface area contributed by atoms with Crippen LogP contribution in [0.2, 0.25) is 0 Å². The third-order valence-corrected chi connectivity index (χ3v) is 10.6. The van der Waals surface area contributed by atoms with Crippen LogP contribution in [0.3, 0.4) is 0 Å². The van der Waals surface area contributed by atoms with Crippen molar-refractivity contribution in [3.05, 3.63) is 52.5 Å². The predicted octanol–water partition coefficient (Wildman–Crippen LogP) is 6.30. The highest BCUT2D eigenvalue weighted by Crippen LogP contribution is 2.66. The van der Waals surface area contributed by atoms with E-state index in [0.717, 1.165) is 36.4 Å². The molecule has 4 aliphatic rings. The van der Waals surface area contributed by atoms with Gasteiger partial charge in [0.25, 0.3) is 0 Å². The van der Waals surface area contributed by atoms with Crippen LogP contribution in [0.5, 0.6) is 0 Å². The summed E-state index contributed by atoms with van der Waals surface area (Å²) >= 11 is 1.87. The van der Waals surface area contributed by atoms with E-state index in [1.54, 1.807) is 5.57 Å². The molecule has 0 spiro atoms. The molecular weight excluding hydrogens is 400 g/mol.